The minimum atomic E-state index is 0.393. The Balaban J connectivity index is 1.48. The molecule has 164 valence electrons. The van der Waals surface area contributed by atoms with Crippen molar-refractivity contribution in [3.05, 3.63) is 65.1 Å². The number of pyridine rings is 2. The minimum absolute atomic E-state index is 0.393. The van der Waals surface area contributed by atoms with Gasteiger partial charge < -0.3 is 0 Å². The largest absolute Gasteiger partial charge is 0.299 e. The van der Waals surface area contributed by atoms with Crippen LogP contribution in [-0.4, -0.2) is 24.7 Å². The van der Waals surface area contributed by atoms with Gasteiger partial charge in [-0.1, -0.05) is 55.3 Å². The van der Waals surface area contributed by atoms with Gasteiger partial charge in [-0.25, -0.2) is 4.98 Å². The monoisotopic (exact) mass is 463 g/mol. The van der Waals surface area contributed by atoms with Crippen molar-refractivity contribution in [2.45, 2.75) is 56.5 Å². The highest BCUT2D eigenvalue weighted by Crippen LogP contribution is 2.39. The smallest absolute Gasteiger partial charge is 0.192 e. The molecule has 3 heterocycles. The third-order valence-electron chi connectivity index (χ3n) is 6.34. The lowest BCUT2D eigenvalue weighted by Gasteiger charge is -2.31. The van der Waals surface area contributed by atoms with Crippen LogP contribution in [0.15, 0.2) is 53.9 Å². The van der Waals surface area contributed by atoms with Crippen LogP contribution in [0, 0.1) is 12.8 Å². The Hall–Kier alpha value is -2.44. The summed E-state index contributed by atoms with van der Waals surface area (Å²) < 4.78 is 2.34. The fraction of sp³-hybridized carbons (Fsp3) is 0.360. The zero-order chi connectivity index (χ0) is 22.1. The fourth-order valence-corrected chi connectivity index (χ4v) is 5.84. The van der Waals surface area contributed by atoms with Gasteiger partial charge in [0.25, 0.3) is 0 Å². The lowest BCUT2D eigenvalue weighted by Crippen LogP contribution is -2.22. The summed E-state index contributed by atoms with van der Waals surface area (Å²) in [7, 11) is 0. The molecule has 1 aliphatic carbocycles. The third kappa shape index (κ3) is 4.26. The van der Waals surface area contributed by atoms with Crippen LogP contribution in [0.5, 0.6) is 0 Å². The summed E-state index contributed by atoms with van der Waals surface area (Å²) in [6, 6.07) is 12.8. The molecule has 2 atom stereocenters. The molecule has 5 nitrogen and oxygen atoms in total. The first-order valence-corrected chi connectivity index (χ1v) is 12.5. The first kappa shape index (κ1) is 21.4. The second-order valence-electron chi connectivity index (χ2n) is 8.67. The first-order valence-electron chi connectivity index (χ1n) is 11.1. The average Bonchev–Trinajstić information content (AvgIpc) is 3.22. The van der Waals surface area contributed by atoms with Crippen LogP contribution in [0.1, 0.15) is 49.8 Å². The van der Waals surface area contributed by atoms with Gasteiger partial charge in [0.2, 0.25) is 0 Å². The number of hydrogen-bond donors (Lipinski definition) is 0. The highest BCUT2D eigenvalue weighted by atomic mass is 35.5. The summed E-state index contributed by atoms with van der Waals surface area (Å²) in [5.41, 5.74) is 4.13. The number of fused-ring (bicyclic) bond motifs is 1. The molecule has 0 aliphatic heterocycles. The van der Waals surface area contributed by atoms with Crippen molar-refractivity contribution in [1.29, 1.82) is 0 Å². The number of aryl methyl sites for hydroxylation is 1. The van der Waals surface area contributed by atoms with Crippen LogP contribution in [-0.2, 0) is 5.75 Å². The van der Waals surface area contributed by atoms with Gasteiger partial charge in [-0.05, 0) is 55.5 Å². The molecule has 0 radical (unpaired) electrons. The molecular formula is C25H26ClN5S. The summed E-state index contributed by atoms with van der Waals surface area (Å²) in [5, 5.41) is 11.8. The molecule has 0 spiro atoms. The van der Waals surface area contributed by atoms with E-state index in [2.05, 4.69) is 68.9 Å². The van der Waals surface area contributed by atoms with Crippen LogP contribution in [0.2, 0.25) is 5.15 Å². The van der Waals surface area contributed by atoms with E-state index in [1.54, 1.807) is 18.0 Å². The van der Waals surface area contributed by atoms with Crippen LogP contribution < -0.4 is 0 Å². The molecule has 1 aromatic carbocycles. The van der Waals surface area contributed by atoms with E-state index < -0.39 is 0 Å². The normalized spacial score (nSPS) is 18.8. The highest BCUT2D eigenvalue weighted by Gasteiger charge is 2.28. The fourth-order valence-electron chi connectivity index (χ4n) is 4.59. The summed E-state index contributed by atoms with van der Waals surface area (Å²) >= 11 is 8.24. The summed E-state index contributed by atoms with van der Waals surface area (Å²) in [4.78, 5) is 8.93. The molecule has 4 aromatic rings. The van der Waals surface area contributed by atoms with Gasteiger partial charge in [0, 0.05) is 40.7 Å². The van der Waals surface area contributed by atoms with Crippen LogP contribution in [0.3, 0.4) is 0 Å². The summed E-state index contributed by atoms with van der Waals surface area (Å²) in [6.45, 7) is 4.41. The number of benzene rings is 1. The van der Waals surface area contributed by atoms with Gasteiger partial charge >= 0.3 is 0 Å². The Labute approximate surface area is 197 Å². The SMILES string of the molecule is Cc1ccc2cc(CSc3nnc(-c4cccnc4)n3C3CCCCC3C)c(Cl)nc2c1. The quantitative estimate of drug-likeness (QED) is 0.238. The third-order valence-corrected chi connectivity index (χ3v) is 7.66. The lowest BCUT2D eigenvalue weighted by atomic mass is 9.85. The van der Waals surface area contributed by atoms with Gasteiger partial charge in [0.1, 0.15) is 5.15 Å². The Morgan fingerprint density at radius 1 is 1.12 bits per heavy atom. The molecule has 0 N–H and O–H groups in total. The number of halogens is 1. The molecule has 0 saturated heterocycles. The predicted molar refractivity (Wildman–Crippen MR) is 131 cm³/mol. The van der Waals surface area contributed by atoms with E-state index in [4.69, 9.17) is 11.6 Å². The zero-order valence-corrected chi connectivity index (χ0v) is 19.9. The molecule has 1 fully saturated rings. The molecule has 0 amide bonds. The van der Waals surface area contributed by atoms with Crippen molar-refractivity contribution < 1.29 is 0 Å². The van der Waals surface area contributed by atoms with Crippen LogP contribution in [0.4, 0.5) is 0 Å². The molecular weight excluding hydrogens is 438 g/mol. The zero-order valence-electron chi connectivity index (χ0n) is 18.3. The van der Waals surface area contributed by atoms with E-state index >= 15 is 0 Å². The standard InChI is InChI=1S/C25H26ClN5S/c1-16-9-10-18-13-20(23(26)28-21(18)12-16)15-32-25-30-29-24(19-7-5-11-27-14-19)31(25)22-8-4-3-6-17(22)2/h5,7,9-14,17,22H,3-4,6,8,15H2,1-2H3. The molecule has 2 unspecified atom stereocenters. The van der Waals surface area contributed by atoms with E-state index in [0.717, 1.165) is 39.4 Å². The van der Waals surface area contributed by atoms with Gasteiger partial charge in [-0.3, -0.25) is 9.55 Å². The van der Waals surface area contributed by atoms with E-state index in [0.29, 0.717) is 22.9 Å². The molecule has 1 saturated carbocycles. The number of nitrogens with zero attached hydrogens (tertiary/aromatic N) is 5. The predicted octanol–water partition coefficient (Wildman–Crippen LogP) is 6.89. The molecule has 5 rings (SSSR count). The number of aromatic nitrogens is 5. The topological polar surface area (TPSA) is 56.5 Å². The van der Waals surface area contributed by atoms with Gasteiger partial charge in [-0.2, -0.15) is 0 Å². The first-order chi connectivity index (χ1) is 15.6. The van der Waals surface area contributed by atoms with Crippen molar-refractivity contribution in [2.24, 2.45) is 5.92 Å². The van der Waals surface area contributed by atoms with Gasteiger partial charge in [0.05, 0.1) is 5.52 Å². The molecule has 1 aliphatic rings. The minimum Gasteiger partial charge on any atom is -0.299 e. The molecule has 32 heavy (non-hydrogen) atoms. The Morgan fingerprint density at radius 3 is 2.81 bits per heavy atom. The maximum Gasteiger partial charge on any atom is 0.192 e. The lowest BCUT2D eigenvalue weighted by molar-refractivity contribution is 0.247. The molecule has 7 heteroatoms. The van der Waals surface area contributed by atoms with Crippen molar-refractivity contribution in [3.8, 4) is 11.4 Å². The van der Waals surface area contributed by atoms with Crippen molar-refractivity contribution in [1.82, 2.24) is 24.7 Å². The maximum absolute atomic E-state index is 6.56. The summed E-state index contributed by atoms with van der Waals surface area (Å²) in [6.07, 6.45) is 8.58. The summed E-state index contributed by atoms with van der Waals surface area (Å²) in [5.74, 6) is 2.18. The maximum atomic E-state index is 6.56. The van der Waals surface area contributed by atoms with E-state index in [1.165, 1.54) is 24.8 Å². The van der Waals surface area contributed by atoms with E-state index in [-0.39, 0.29) is 0 Å². The Bertz CT molecular complexity index is 1240. The number of rotatable bonds is 5. The molecule has 0 bridgehead atoms. The average molecular weight is 464 g/mol. The van der Waals surface area contributed by atoms with E-state index in [1.807, 2.05) is 12.3 Å². The number of thioether (sulfide) groups is 1. The Morgan fingerprint density at radius 2 is 2.00 bits per heavy atom. The number of hydrogen-bond acceptors (Lipinski definition) is 5. The van der Waals surface area contributed by atoms with Crippen molar-refractivity contribution in [2.75, 3.05) is 0 Å². The van der Waals surface area contributed by atoms with Crippen LogP contribution in [0.25, 0.3) is 22.3 Å². The van der Waals surface area contributed by atoms with Gasteiger partial charge in [-0.15, -0.1) is 10.2 Å². The Kier molecular flexibility index (Phi) is 6.15. The van der Waals surface area contributed by atoms with Crippen molar-refractivity contribution in [3.63, 3.8) is 0 Å². The van der Waals surface area contributed by atoms with Gasteiger partial charge in [0.15, 0.2) is 11.0 Å². The van der Waals surface area contributed by atoms with Crippen LogP contribution >= 0.6 is 23.4 Å². The second-order valence-corrected chi connectivity index (χ2v) is 9.97. The van der Waals surface area contributed by atoms with E-state index in [9.17, 15) is 0 Å². The molecule has 3 aromatic heterocycles. The second kappa shape index (κ2) is 9.20. The van der Waals surface area contributed by atoms with Crippen molar-refractivity contribution >= 4 is 34.3 Å². The highest BCUT2D eigenvalue weighted by molar-refractivity contribution is 7.98.